The van der Waals surface area contributed by atoms with E-state index in [2.05, 4.69) is 4.98 Å². The van der Waals surface area contributed by atoms with E-state index in [4.69, 9.17) is 0 Å². The second-order valence-electron chi connectivity index (χ2n) is 3.94. The van der Waals surface area contributed by atoms with E-state index in [9.17, 15) is 8.78 Å². The maximum Gasteiger partial charge on any atom is 0.320 e. The number of benzene rings is 2. The minimum atomic E-state index is -2.60. The van der Waals surface area contributed by atoms with Crippen LogP contribution in [0.5, 0.6) is 0 Å². The first-order valence-corrected chi connectivity index (χ1v) is 5.58. The molecular formula is C14H10F2N2. The molecule has 3 aromatic rings. The largest absolute Gasteiger partial charge is 0.320 e. The highest BCUT2D eigenvalue weighted by molar-refractivity contribution is 5.80. The van der Waals surface area contributed by atoms with Crippen LogP contribution in [0.2, 0.25) is 0 Å². The number of imidazole rings is 1. The smallest absolute Gasteiger partial charge is 0.266 e. The van der Waals surface area contributed by atoms with Gasteiger partial charge in [-0.25, -0.2) is 4.98 Å². The molecule has 0 saturated carbocycles. The van der Waals surface area contributed by atoms with E-state index in [-0.39, 0.29) is 0 Å². The molecule has 0 N–H and O–H groups in total. The van der Waals surface area contributed by atoms with Crippen molar-refractivity contribution in [1.29, 1.82) is 0 Å². The number of fused-ring (bicyclic) bond motifs is 1. The van der Waals surface area contributed by atoms with Crippen molar-refractivity contribution in [1.82, 2.24) is 9.55 Å². The lowest BCUT2D eigenvalue weighted by atomic mass is 10.2. The number of para-hydroxylation sites is 2. The van der Waals surface area contributed by atoms with Crippen LogP contribution in [-0.4, -0.2) is 9.55 Å². The number of nitrogens with zero attached hydrogens (tertiary/aromatic N) is 2. The molecule has 1 aromatic heterocycles. The van der Waals surface area contributed by atoms with Gasteiger partial charge in [0.05, 0.1) is 11.0 Å². The van der Waals surface area contributed by atoms with Gasteiger partial charge in [0.25, 0.3) is 0 Å². The van der Waals surface area contributed by atoms with Gasteiger partial charge in [0, 0.05) is 5.56 Å². The Morgan fingerprint density at radius 1 is 0.889 bits per heavy atom. The van der Waals surface area contributed by atoms with Crippen LogP contribution in [-0.2, 0) is 0 Å². The molecule has 0 aliphatic rings. The number of halogens is 2. The summed E-state index contributed by atoms with van der Waals surface area (Å²) in [4.78, 5) is 4.29. The summed E-state index contributed by atoms with van der Waals surface area (Å²) in [5.41, 5.74) is 1.72. The summed E-state index contributed by atoms with van der Waals surface area (Å²) in [6.07, 6.45) is 0. The summed E-state index contributed by atoms with van der Waals surface area (Å²) in [5.74, 6) is 0.298. The average Bonchev–Trinajstić information content (AvgIpc) is 2.79. The van der Waals surface area contributed by atoms with Gasteiger partial charge < -0.3 is 0 Å². The van der Waals surface area contributed by atoms with E-state index in [1.807, 2.05) is 18.2 Å². The second-order valence-corrected chi connectivity index (χ2v) is 3.94. The predicted octanol–water partition coefficient (Wildman–Crippen LogP) is 4.10. The third-order valence-electron chi connectivity index (χ3n) is 2.82. The number of hydrogen-bond donors (Lipinski definition) is 0. The number of hydrogen-bond acceptors (Lipinski definition) is 1. The molecule has 2 nitrogen and oxygen atoms in total. The fourth-order valence-corrected chi connectivity index (χ4v) is 2.03. The van der Waals surface area contributed by atoms with Crippen molar-refractivity contribution in [2.75, 3.05) is 0 Å². The first kappa shape index (κ1) is 10.9. The normalized spacial score (nSPS) is 11.3. The standard InChI is InChI=1S/C14H10F2N2/c15-14(16)18-12-9-5-4-8-11(12)17-13(18)10-6-2-1-3-7-10/h1-9,14H. The van der Waals surface area contributed by atoms with Gasteiger partial charge >= 0.3 is 6.55 Å². The predicted molar refractivity (Wildman–Crippen MR) is 66.4 cm³/mol. The quantitative estimate of drug-likeness (QED) is 0.663. The van der Waals surface area contributed by atoms with E-state index in [0.717, 1.165) is 4.57 Å². The molecule has 1 heterocycles. The van der Waals surface area contributed by atoms with E-state index < -0.39 is 6.55 Å². The minimum absolute atomic E-state index is 0.298. The molecular weight excluding hydrogens is 234 g/mol. The van der Waals surface area contributed by atoms with Crippen molar-refractivity contribution in [3.8, 4) is 11.4 Å². The zero-order chi connectivity index (χ0) is 12.5. The lowest BCUT2D eigenvalue weighted by molar-refractivity contribution is 0.0764. The molecule has 0 spiro atoms. The fraction of sp³-hybridized carbons (Fsp3) is 0.0714. The van der Waals surface area contributed by atoms with Crippen molar-refractivity contribution in [3.05, 3.63) is 54.6 Å². The van der Waals surface area contributed by atoms with Gasteiger partial charge in [0.1, 0.15) is 5.82 Å². The Morgan fingerprint density at radius 2 is 1.56 bits per heavy atom. The third-order valence-corrected chi connectivity index (χ3v) is 2.82. The summed E-state index contributed by atoms with van der Waals surface area (Å²) in [7, 11) is 0. The van der Waals surface area contributed by atoms with Crippen LogP contribution < -0.4 is 0 Å². The molecule has 0 atom stereocenters. The monoisotopic (exact) mass is 244 g/mol. The molecule has 0 unspecified atom stereocenters. The Kier molecular flexibility index (Phi) is 2.55. The number of alkyl halides is 2. The third kappa shape index (κ3) is 1.66. The Morgan fingerprint density at radius 3 is 2.28 bits per heavy atom. The number of rotatable bonds is 2. The SMILES string of the molecule is FC(F)n1c(-c2ccccc2)nc2ccccc21. The van der Waals surface area contributed by atoms with Crippen LogP contribution in [0.4, 0.5) is 8.78 Å². The van der Waals surface area contributed by atoms with Crippen LogP contribution in [0.1, 0.15) is 6.55 Å². The molecule has 90 valence electrons. The molecule has 2 aromatic carbocycles. The van der Waals surface area contributed by atoms with Gasteiger partial charge in [-0.1, -0.05) is 42.5 Å². The van der Waals surface area contributed by atoms with E-state index in [0.29, 0.717) is 22.4 Å². The Hall–Kier alpha value is -2.23. The van der Waals surface area contributed by atoms with Crippen LogP contribution in [0.25, 0.3) is 22.4 Å². The van der Waals surface area contributed by atoms with E-state index in [1.165, 1.54) is 0 Å². The summed E-state index contributed by atoms with van der Waals surface area (Å²) >= 11 is 0. The van der Waals surface area contributed by atoms with Crippen LogP contribution in [0, 0.1) is 0 Å². The van der Waals surface area contributed by atoms with Gasteiger partial charge in [-0.2, -0.15) is 8.78 Å². The Bertz CT molecular complexity index is 675. The molecule has 0 saturated heterocycles. The summed E-state index contributed by atoms with van der Waals surface area (Å²) in [6, 6.07) is 15.9. The highest BCUT2D eigenvalue weighted by Gasteiger charge is 2.18. The van der Waals surface area contributed by atoms with Crippen LogP contribution in [0.3, 0.4) is 0 Å². The van der Waals surface area contributed by atoms with Gasteiger partial charge in [-0.15, -0.1) is 0 Å². The minimum Gasteiger partial charge on any atom is -0.266 e. The highest BCUT2D eigenvalue weighted by Crippen LogP contribution is 2.29. The van der Waals surface area contributed by atoms with E-state index in [1.54, 1.807) is 36.4 Å². The molecule has 0 fully saturated rings. The highest BCUT2D eigenvalue weighted by atomic mass is 19.3. The van der Waals surface area contributed by atoms with Crippen molar-refractivity contribution in [2.45, 2.75) is 6.55 Å². The van der Waals surface area contributed by atoms with Crippen molar-refractivity contribution < 1.29 is 8.78 Å². The molecule has 0 aliphatic heterocycles. The van der Waals surface area contributed by atoms with Crippen LogP contribution in [0.15, 0.2) is 54.6 Å². The van der Waals surface area contributed by atoms with E-state index >= 15 is 0 Å². The topological polar surface area (TPSA) is 17.8 Å². The summed E-state index contributed by atoms with van der Waals surface area (Å²) in [5, 5.41) is 0. The van der Waals surface area contributed by atoms with Gasteiger partial charge in [-0.3, -0.25) is 4.57 Å². The lowest BCUT2D eigenvalue weighted by Crippen LogP contribution is -2.00. The molecule has 4 heteroatoms. The lowest BCUT2D eigenvalue weighted by Gasteiger charge is -2.07. The van der Waals surface area contributed by atoms with Gasteiger partial charge in [0.15, 0.2) is 0 Å². The first-order chi connectivity index (χ1) is 8.77. The molecule has 18 heavy (non-hydrogen) atoms. The number of aromatic nitrogens is 2. The van der Waals surface area contributed by atoms with Crippen molar-refractivity contribution in [2.24, 2.45) is 0 Å². The maximum atomic E-state index is 13.2. The fourth-order valence-electron chi connectivity index (χ4n) is 2.03. The molecule has 0 aliphatic carbocycles. The van der Waals surface area contributed by atoms with Crippen molar-refractivity contribution in [3.63, 3.8) is 0 Å². The summed E-state index contributed by atoms with van der Waals surface area (Å²) < 4.78 is 27.4. The molecule has 0 amide bonds. The van der Waals surface area contributed by atoms with Crippen LogP contribution >= 0.6 is 0 Å². The Balaban J connectivity index is 2.32. The molecule has 0 bridgehead atoms. The molecule has 0 radical (unpaired) electrons. The zero-order valence-corrected chi connectivity index (χ0v) is 9.42. The maximum absolute atomic E-state index is 13.2. The zero-order valence-electron chi connectivity index (χ0n) is 9.42. The average molecular weight is 244 g/mol. The Labute approximate surface area is 103 Å². The molecule has 3 rings (SSSR count). The van der Waals surface area contributed by atoms with Gasteiger partial charge in [0.2, 0.25) is 0 Å². The second kappa shape index (κ2) is 4.22. The summed E-state index contributed by atoms with van der Waals surface area (Å²) in [6.45, 7) is -2.60. The van der Waals surface area contributed by atoms with Crippen molar-refractivity contribution >= 4 is 11.0 Å². The van der Waals surface area contributed by atoms with Gasteiger partial charge in [-0.05, 0) is 12.1 Å². The first-order valence-electron chi connectivity index (χ1n) is 5.58.